The Bertz CT molecular complexity index is 841. The minimum absolute atomic E-state index is 0.000939. The van der Waals surface area contributed by atoms with E-state index in [1.807, 2.05) is 0 Å². The van der Waals surface area contributed by atoms with Crippen LogP contribution in [0.25, 0.3) is 11.2 Å². The molecule has 2 heterocycles. The van der Waals surface area contributed by atoms with E-state index in [0.29, 0.717) is 24.2 Å². The van der Waals surface area contributed by atoms with E-state index in [2.05, 4.69) is 48.8 Å². The average molecular weight is 416 g/mol. The molecule has 0 amide bonds. The maximum Gasteiger partial charge on any atom is 0.223 e. The summed E-state index contributed by atoms with van der Waals surface area (Å²) in [7, 11) is -1.98. The predicted octanol–water partition coefficient (Wildman–Crippen LogP) is 3.34. The van der Waals surface area contributed by atoms with Crippen molar-refractivity contribution in [3.63, 3.8) is 0 Å². The van der Waals surface area contributed by atoms with E-state index in [4.69, 9.17) is 21.8 Å². The molecule has 3 N–H and O–H groups in total. The highest BCUT2D eigenvalue weighted by molar-refractivity contribution is 6.74. The van der Waals surface area contributed by atoms with Gasteiger partial charge in [0.2, 0.25) is 5.95 Å². The molecule has 150 valence electrons. The zero-order valence-corrected chi connectivity index (χ0v) is 18.0. The second kappa shape index (κ2) is 6.95. The van der Waals surface area contributed by atoms with Crippen molar-refractivity contribution in [2.45, 2.75) is 63.6 Å². The van der Waals surface area contributed by atoms with E-state index in [9.17, 15) is 9.50 Å². The highest BCUT2D eigenvalue weighted by Crippen LogP contribution is 2.42. The van der Waals surface area contributed by atoms with Crippen molar-refractivity contribution >= 4 is 37.0 Å². The van der Waals surface area contributed by atoms with Crippen molar-refractivity contribution in [1.29, 1.82) is 0 Å². The molecule has 0 spiro atoms. The third-order valence-corrected chi connectivity index (χ3v) is 10.7. The van der Waals surface area contributed by atoms with Crippen molar-refractivity contribution in [2.24, 2.45) is 5.92 Å². The maximum absolute atomic E-state index is 14.9. The van der Waals surface area contributed by atoms with Crippen LogP contribution in [0.15, 0.2) is 6.33 Å². The SMILES string of the molecule is CC(C)(C)[Si](C)(C)OCC1C[C@@H](n2cnc3c(Cl)nc(N)nc32)[C@@H](F)[C@@H]1O. The molecule has 2 aromatic rings. The minimum atomic E-state index is -1.98. The van der Waals surface area contributed by atoms with Gasteiger partial charge in [0.25, 0.3) is 0 Å². The van der Waals surface area contributed by atoms with Gasteiger partial charge in [-0.1, -0.05) is 32.4 Å². The molecule has 0 bridgehead atoms. The molecule has 0 aliphatic heterocycles. The predicted molar refractivity (Wildman–Crippen MR) is 106 cm³/mol. The number of aromatic nitrogens is 4. The average Bonchev–Trinajstić information content (AvgIpc) is 3.07. The van der Waals surface area contributed by atoms with Gasteiger partial charge in [-0.05, 0) is 24.6 Å². The second-order valence-electron chi connectivity index (χ2n) is 8.77. The van der Waals surface area contributed by atoms with Gasteiger partial charge in [0.05, 0.1) is 18.5 Å². The Morgan fingerprint density at radius 3 is 2.70 bits per heavy atom. The third kappa shape index (κ3) is 3.70. The topological polar surface area (TPSA) is 99.1 Å². The number of hydrogen-bond acceptors (Lipinski definition) is 6. The summed E-state index contributed by atoms with van der Waals surface area (Å²) in [6.07, 6.45) is -0.660. The van der Waals surface area contributed by atoms with Crippen LogP contribution in [0.1, 0.15) is 33.2 Å². The lowest BCUT2D eigenvalue weighted by molar-refractivity contribution is 0.0419. The van der Waals surface area contributed by atoms with Crippen LogP contribution in [0.5, 0.6) is 0 Å². The Balaban J connectivity index is 1.82. The number of fused-ring (bicyclic) bond motifs is 1. The monoisotopic (exact) mass is 415 g/mol. The molecule has 1 fully saturated rings. The van der Waals surface area contributed by atoms with Gasteiger partial charge in [-0.3, -0.25) is 0 Å². The van der Waals surface area contributed by atoms with E-state index < -0.39 is 26.6 Å². The van der Waals surface area contributed by atoms with Gasteiger partial charge < -0.3 is 19.8 Å². The number of hydrogen-bond donors (Lipinski definition) is 2. The number of imidazole rings is 1. The molecule has 7 nitrogen and oxygen atoms in total. The number of anilines is 1. The van der Waals surface area contributed by atoms with Crippen molar-refractivity contribution in [3.8, 4) is 0 Å². The van der Waals surface area contributed by atoms with Crippen LogP contribution in [0, 0.1) is 5.92 Å². The van der Waals surface area contributed by atoms with Crippen molar-refractivity contribution < 1.29 is 13.9 Å². The van der Waals surface area contributed by atoms with E-state index in [1.165, 1.54) is 6.33 Å². The molecular weight excluding hydrogens is 389 g/mol. The first-order valence-corrected chi connectivity index (χ1v) is 12.3. The smallest absolute Gasteiger partial charge is 0.223 e. The molecule has 1 aliphatic rings. The highest BCUT2D eigenvalue weighted by Gasteiger charge is 2.46. The Kier molecular flexibility index (Phi) is 5.26. The Labute approximate surface area is 164 Å². The van der Waals surface area contributed by atoms with Crippen LogP contribution in [0.3, 0.4) is 0 Å². The first kappa shape index (κ1) is 20.4. The quantitative estimate of drug-likeness (QED) is 0.586. The highest BCUT2D eigenvalue weighted by atomic mass is 35.5. The fourth-order valence-electron chi connectivity index (χ4n) is 3.17. The zero-order chi connectivity index (χ0) is 20.1. The van der Waals surface area contributed by atoms with Gasteiger partial charge in [0, 0.05) is 12.5 Å². The van der Waals surface area contributed by atoms with E-state index in [-0.39, 0.29) is 22.1 Å². The van der Waals surface area contributed by atoms with Crippen molar-refractivity contribution in [2.75, 3.05) is 12.3 Å². The largest absolute Gasteiger partial charge is 0.416 e. The third-order valence-electron chi connectivity index (χ3n) is 5.94. The summed E-state index contributed by atoms with van der Waals surface area (Å²) >= 11 is 6.05. The number of nitrogen functional groups attached to an aromatic ring is 1. The fourth-order valence-corrected chi connectivity index (χ4v) is 4.46. The summed E-state index contributed by atoms with van der Waals surface area (Å²) in [6, 6.07) is -0.608. The van der Waals surface area contributed by atoms with Crippen LogP contribution < -0.4 is 5.73 Å². The fraction of sp³-hybridized carbons (Fsp3) is 0.706. The Hall–Kier alpha value is -1.29. The number of alkyl halides is 1. The molecule has 1 saturated carbocycles. The summed E-state index contributed by atoms with van der Waals surface area (Å²) in [5, 5.41) is 10.6. The molecule has 10 heteroatoms. The molecule has 0 radical (unpaired) electrons. The number of aliphatic hydroxyl groups excluding tert-OH is 1. The summed E-state index contributed by atoms with van der Waals surface area (Å²) in [4.78, 5) is 12.2. The molecule has 1 aliphatic carbocycles. The molecule has 3 rings (SSSR count). The molecular formula is C17H27ClFN5O2Si. The standard InChI is InChI=1S/C17H27ClFN5O2Si/c1-17(2,3)27(4,5)26-7-9-6-10(11(19)13(9)25)24-8-21-12-14(18)22-16(20)23-15(12)24/h8-11,13,25H,6-7H2,1-5H3,(H2,20,22,23)/t9?,10-,11-,13-/m1/s1. The molecule has 0 aromatic carbocycles. The summed E-state index contributed by atoms with van der Waals surface area (Å²) in [6.45, 7) is 11.1. The van der Waals surface area contributed by atoms with E-state index in [1.54, 1.807) is 4.57 Å². The Morgan fingerprint density at radius 1 is 1.41 bits per heavy atom. The summed E-state index contributed by atoms with van der Waals surface area (Å²) in [5.74, 6) is -0.299. The molecule has 1 unspecified atom stereocenters. The zero-order valence-electron chi connectivity index (χ0n) is 16.3. The van der Waals surface area contributed by atoms with Gasteiger partial charge in [0.15, 0.2) is 19.1 Å². The summed E-state index contributed by atoms with van der Waals surface area (Å²) < 4.78 is 22.7. The van der Waals surface area contributed by atoms with Gasteiger partial charge >= 0.3 is 0 Å². The maximum atomic E-state index is 14.9. The lowest BCUT2D eigenvalue weighted by Crippen LogP contribution is -2.42. The van der Waals surface area contributed by atoms with E-state index in [0.717, 1.165) is 0 Å². The normalized spacial score (nSPS) is 26.8. The van der Waals surface area contributed by atoms with Crippen molar-refractivity contribution in [3.05, 3.63) is 11.5 Å². The minimum Gasteiger partial charge on any atom is -0.416 e. The molecule has 0 saturated heterocycles. The number of nitrogens with two attached hydrogens (primary N) is 1. The first-order valence-electron chi connectivity index (χ1n) is 9.04. The van der Waals surface area contributed by atoms with Gasteiger partial charge in [-0.15, -0.1) is 0 Å². The first-order chi connectivity index (χ1) is 12.4. The number of halogens is 2. The van der Waals surface area contributed by atoms with Gasteiger partial charge in [0.1, 0.15) is 11.7 Å². The summed E-state index contributed by atoms with van der Waals surface area (Å²) in [5.41, 5.74) is 6.41. The number of aliphatic hydroxyl groups is 1. The van der Waals surface area contributed by atoms with Crippen molar-refractivity contribution in [1.82, 2.24) is 19.5 Å². The van der Waals surface area contributed by atoms with Crippen LogP contribution in [0.4, 0.5) is 10.3 Å². The van der Waals surface area contributed by atoms with Gasteiger partial charge in [-0.25, -0.2) is 9.37 Å². The van der Waals surface area contributed by atoms with Crippen LogP contribution >= 0.6 is 11.6 Å². The second-order valence-corrected chi connectivity index (χ2v) is 13.9. The van der Waals surface area contributed by atoms with Gasteiger partial charge in [-0.2, -0.15) is 9.97 Å². The van der Waals surface area contributed by atoms with Crippen LogP contribution in [-0.4, -0.2) is 51.8 Å². The lowest BCUT2D eigenvalue weighted by atomic mass is 10.1. The van der Waals surface area contributed by atoms with Crippen LogP contribution in [0.2, 0.25) is 23.3 Å². The van der Waals surface area contributed by atoms with E-state index >= 15 is 0 Å². The number of rotatable bonds is 4. The molecule has 4 atom stereocenters. The molecule has 27 heavy (non-hydrogen) atoms. The number of nitrogens with zero attached hydrogens (tertiary/aromatic N) is 4. The molecule has 2 aromatic heterocycles. The lowest BCUT2D eigenvalue weighted by Gasteiger charge is -2.37. The van der Waals surface area contributed by atoms with Crippen LogP contribution in [-0.2, 0) is 4.43 Å². The Morgan fingerprint density at radius 2 is 2.07 bits per heavy atom.